The van der Waals surface area contributed by atoms with Crippen LogP contribution in [0.25, 0.3) is 0 Å². The minimum absolute atomic E-state index is 0.0208. The van der Waals surface area contributed by atoms with Gasteiger partial charge in [0, 0.05) is 22.8 Å². The highest BCUT2D eigenvalue weighted by Gasteiger charge is 2.35. The van der Waals surface area contributed by atoms with Gasteiger partial charge in [-0.3, -0.25) is 9.59 Å². The van der Waals surface area contributed by atoms with Gasteiger partial charge in [-0.05, 0) is 18.2 Å². The monoisotopic (exact) mass is 286 g/mol. The number of phenols is 3. The quantitative estimate of drug-likeness (QED) is 0.586. The SMILES string of the molecule is O=Cc1cc(O)c2c(c1)C(O)c1cc(O)cc(O)c1C2=O. The third-order valence-electron chi connectivity index (χ3n) is 3.48. The standard InChI is InChI=1S/C15H10O6/c16-5-6-1-8-12(10(18)2-6)15(21)13-9(14(8)20)3-7(17)4-11(13)19/h1-5,14,17-20H. The third-order valence-corrected chi connectivity index (χ3v) is 3.48. The number of aliphatic hydroxyl groups excluding tert-OH is 1. The van der Waals surface area contributed by atoms with Crippen molar-refractivity contribution in [3.63, 3.8) is 0 Å². The number of carbonyl (C=O) groups is 2. The lowest BCUT2D eigenvalue weighted by Gasteiger charge is -2.25. The molecule has 6 nitrogen and oxygen atoms in total. The Morgan fingerprint density at radius 3 is 2.10 bits per heavy atom. The van der Waals surface area contributed by atoms with Gasteiger partial charge in [0.25, 0.3) is 0 Å². The first-order valence-electron chi connectivity index (χ1n) is 6.04. The molecule has 1 aliphatic carbocycles. The van der Waals surface area contributed by atoms with Crippen LogP contribution in [0.15, 0.2) is 24.3 Å². The average molecular weight is 286 g/mol. The first-order chi connectivity index (χ1) is 9.93. The Hall–Kier alpha value is -2.86. The Labute approximate surface area is 118 Å². The lowest BCUT2D eigenvalue weighted by Crippen LogP contribution is -2.20. The highest BCUT2D eigenvalue weighted by atomic mass is 16.3. The number of phenolic OH excluding ortho intramolecular Hbond substituents is 3. The Balaban J connectivity index is 2.35. The first kappa shape index (κ1) is 13.1. The second kappa shape index (κ2) is 4.32. The molecule has 21 heavy (non-hydrogen) atoms. The molecule has 0 aromatic heterocycles. The smallest absolute Gasteiger partial charge is 0.201 e. The summed E-state index contributed by atoms with van der Waals surface area (Å²) in [5, 5.41) is 39.5. The fourth-order valence-electron chi connectivity index (χ4n) is 2.59. The molecular weight excluding hydrogens is 276 g/mol. The summed E-state index contributed by atoms with van der Waals surface area (Å²) < 4.78 is 0. The van der Waals surface area contributed by atoms with Gasteiger partial charge in [-0.1, -0.05) is 0 Å². The summed E-state index contributed by atoms with van der Waals surface area (Å²) in [7, 11) is 0. The van der Waals surface area contributed by atoms with E-state index < -0.39 is 23.4 Å². The minimum Gasteiger partial charge on any atom is -0.508 e. The summed E-state index contributed by atoms with van der Waals surface area (Å²) in [6.07, 6.45) is -0.872. The highest BCUT2D eigenvalue weighted by molar-refractivity contribution is 6.16. The normalized spacial score (nSPS) is 16.2. The van der Waals surface area contributed by atoms with Crippen LogP contribution < -0.4 is 0 Å². The molecule has 1 atom stereocenters. The average Bonchev–Trinajstić information content (AvgIpc) is 2.43. The third kappa shape index (κ3) is 1.77. The number of benzene rings is 2. The topological polar surface area (TPSA) is 115 Å². The van der Waals surface area contributed by atoms with Crippen molar-refractivity contribution in [2.45, 2.75) is 6.10 Å². The van der Waals surface area contributed by atoms with E-state index in [4.69, 9.17) is 0 Å². The maximum absolute atomic E-state index is 12.4. The fraction of sp³-hybridized carbons (Fsp3) is 0.0667. The van der Waals surface area contributed by atoms with E-state index in [1.54, 1.807) is 0 Å². The molecule has 3 rings (SSSR count). The minimum atomic E-state index is -1.35. The van der Waals surface area contributed by atoms with E-state index in [1.165, 1.54) is 6.07 Å². The van der Waals surface area contributed by atoms with Crippen LogP contribution in [-0.4, -0.2) is 32.5 Å². The Morgan fingerprint density at radius 2 is 1.48 bits per heavy atom. The van der Waals surface area contributed by atoms with Gasteiger partial charge in [0.2, 0.25) is 5.78 Å². The van der Waals surface area contributed by atoms with Crippen LogP contribution in [0.4, 0.5) is 0 Å². The summed E-state index contributed by atoms with van der Waals surface area (Å²) in [6.45, 7) is 0. The lowest BCUT2D eigenvalue weighted by atomic mass is 9.81. The number of ketones is 1. The molecule has 0 fully saturated rings. The van der Waals surface area contributed by atoms with Crippen LogP contribution >= 0.6 is 0 Å². The van der Waals surface area contributed by atoms with Gasteiger partial charge in [0.05, 0.1) is 11.1 Å². The summed E-state index contributed by atoms with van der Waals surface area (Å²) >= 11 is 0. The van der Waals surface area contributed by atoms with Crippen molar-refractivity contribution in [2.24, 2.45) is 0 Å². The van der Waals surface area contributed by atoms with E-state index >= 15 is 0 Å². The van der Waals surface area contributed by atoms with Crippen LogP contribution in [-0.2, 0) is 0 Å². The highest BCUT2D eigenvalue weighted by Crippen LogP contribution is 2.43. The van der Waals surface area contributed by atoms with E-state index in [0.717, 1.165) is 18.2 Å². The van der Waals surface area contributed by atoms with Gasteiger partial charge in [-0.25, -0.2) is 0 Å². The van der Waals surface area contributed by atoms with Crippen molar-refractivity contribution >= 4 is 12.1 Å². The van der Waals surface area contributed by atoms with E-state index in [-0.39, 0.29) is 33.6 Å². The number of hydrogen-bond acceptors (Lipinski definition) is 6. The van der Waals surface area contributed by atoms with Crippen molar-refractivity contribution in [2.75, 3.05) is 0 Å². The van der Waals surface area contributed by atoms with Crippen LogP contribution in [0.1, 0.15) is 43.5 Å². The van der Waals surface area contributed by atoms with Crippen molar-refractivity contribution < 1.29 is 30.0 Å². The molecule has 2 aromatic carbocycles. The van der Waals surface area contributed by atoms with Gasteiger partial charge in [0.15, 0.2) is 0 Å². The van der Waals surface area contributed by atoms with Crippen molar-refractivity contribution in [3.8, 4) is 17.2 Å². The first-order valence-corrected chi connectivity index (χ1v) is 6.04. The van der Waals surface area contributed by atoms with Gasteiger partial charge >= 0.3 is 0 Å². The fourth-order valence-corrected chi connectivity index (χ4v) is 2.59. The zero-order chi connectivity index (χ0) is 15.3. The predicted octanol–water partition coefficient (Wildman–Crippen LogP) is 1.24. The summed E-state index contributed by atoms with van der Waals surface area (Å²) in [4.78, 5) is 23.2. The molecule has 0 aliphatic heterocycles. The molecular formula is C15H10O6. The molecule has 6 heteroatoms. The van der Waals surface area contributed by atoms with E-state index in [2.05, 4.69) is 0 Å². The predicted molar refractivity (Wildman–Crippen MR) is 70.8 cm³/mol. The molecule has 0 spiro atoms. The molecule has 1 unspecified atom stereocenters. The Morgan fingerprint density at radius 1 is 0.905 bits per heavy atom. The van der Waals surface area contributed by atoms with Gasteiger partial charge < -0.3 is 20.4 Å². The molecule has 106 valence electrons. The molecule has 4 N–H and O–H groups in total. The summed E-state index contributed by atoms with van der Waals surface area (Å²) in [6, 6.07) is 4.53. The lowest BCUT2D eigenvalue weighted by molar-refractivity contribution is 0.101. The van der Waals surface area contributed by atoms with Gasteiger partial charge in [-0.15, -0.1) is 0 Å². The van der Waals surface area contributed by atoms with Crippen molar-refractivity contribution in [1.82, 2.24) is 0 Å². The van der Waals surface area contributed by atoms with Crippen LogP contribution in [0, 0.1) is 0 Å². The van der Waals surface area contributed by atoms with Crippen LogP contribution in [0.5, 0.6) is 17.2 Å². The number of aliphatic hydroxyl groups is 1. The number of aldehydes is 1. The molecule has 0 bridgehead atoms. The molecule has 1 aliphatic rings. The van der Waals surface area contributed by atoms with Crippen LogP contribution in [0.3, 0.4) is 0 Å². The zero-order valence-corrected chi connectivity index (χ0v) is 10.6. The van der Waals surface area contributed by atoms with E-state index in [0.29, 0.717) is 6.29 Å². The number of rotatable bonds is 1. The summed E-state index contributed by atoms with van der Waals surface area (Å²) in [5.74, 6) is -1.93. The van der Waals surface area contributed by atoms with E-state index in [9.17, 15) is 30.0 Å². The van der Waals surface area contributed by atoms with Crippen molar-refractivity contribution in [3.05, 3.63) is 52.1 Å². The molecule has 0 saturated heterocycles. The summed E-state index contributed by atoms with van der Waals surface area (Å²) in [5.41, 5.74) is -0.165. The van der Waals surface area contributed by atoms with Gasteiger partial charge in [-0.2, -0.15) is 0 Å². The molecule has 0 amide bonds. The number of fused-ring (bicyclic) bond motifs is 2. The number of carbonyl (C=O) groups excluding carboxylic acids is 2. The maximum Gasteiger partial charge on any atom is 0.201 e. The second-order valence-electron chi connectivity index (χ2n) is 4.78. The Bertz CT molecular complexity index is 793. The Kier molecular flexibility index (Phi) is 2.70. The molecule has 0 heterocycles. The van der Waals surface area contributed by atoms with E-state index in [1.807, 2.05) is 0 Å². The molecule has 0 radical (unpaired) electrons. The molecule has 0 saturated carbocycles. The van der Waals surface area contributed by atoms with Gasteiger partial charge in [0.1, 0.15) is 29.6 Å². The second-order valence-corrected chi connectivity index (χ2v) is 4.78. The number of aromatic hydroxyl groups is 3. The maximum atomic E-state index is 12.4. The molecule has 2 aromatic rings. The van der Waals surface area contributed by atoms with Crippen LogP contribution in [0.2, 0.25) is 0 Å². The largest absolute Gasteiger partial charge is 0.508 e. The number of hydrogen-bond donors (Lipinski definition) is 4. The van der Waals surface area contributed by atoms with Crippen molar-refractivity contribution in [1.29, 1.82) is 0 Å². The zero-order valence-electron chi connectivity index (χ0n) is 10.6.